The fourth-order valence-electron chi connectivity index (χ4n) is 5.58. The average Bonchev–Trinajstić information content (AvgIpc) is 3.02. The van der Waals surface area contributed by atoms with Crippen molar-refractivity contribution in [2.24, 2.45) is 4.99 Å². The molecule has 1 amide bonds. The highest BCUT2D eigenvalue weighted by molar-refractivity contribution is 9.10. The maximum atomic E-state index is 14.2. The molecule has 0 radical (unpaired) electrons. The summed E-state index contributed by atoms with van der Waals surface area (Å²) >= 11 is 16.9. The summed E-state index contributed by atoms with van der Waals surface area (Å²) in [6, 6.07) is 11.3. The topological polar surface area (TPSA) is 53.9 Å². The van der Waals surface area contributed by atoms with Gasteiger partial charge >= 0.3 is 0 Å². The third-order valence-corrected chi connectivity index (χ3v) is 10.4. The minimum atomic E-state index is -0.375. The van der Waals surface area contributed by atoms with Crippen LogP contribution in [0.4, 0.5) is 17.1 Å². The highest BCUT2D eigenvalue weighted by Gasteiger charge is 2.25. The Morgan fingerprint density at radius 2 is 1.48 bits per heavy atom. The predicted octanol–water partition coefficient (Wildman–Crippen LogP) is 12.1. The monoisotopic (exact) mass is 729 g/mol. The third kappa shape index (κ3) is 10.5. The molecule has 0 saturated carbocycles. The second-order valence-electron chi connectivity index (χ2n) is 12.3. The van der Waals surface area contributed by atoms with Crippen molar-refractivity contribution in [3.05, 3.63) is 78.7 Å². The smallest absolute Gasteiger partial charge is 0.275 e. The molecule has 0 bridgehead atoms. The summed E-state index contributed by atoms with van der Waals surface area (Å²) in [6.45, 7) is 10.7. The molecule has 0 aliphatic rings. The number of carbonyl (C=O) groups excluding carboxylic acids is 1. The first-order chi connectivity index (χ1) is 22.0. The molecule has 3 rings (SSSR count). The zero-order valence-electron chi connectivity index (χ0n) is 28.6. The zero-order chi connectivity index (χ0) is 33.8. The first-order valence-electron chi connectivity index (χ1n) is 16.5. The fourth-order valence-corrected chi connectivity index (χ4v) is 6.45. The lowest BCUT2D eigenvalue weighted by atomic mass is 9.95. The van der Waals surface area contributed by atoms with E-state index in [1.807, 2.05) is 64.9 Å². The molecule has 3 aromatic rings. The van der Waals surface area contributed by atoms with Gasteiger partial charge in [-0.3, -0.25) is 4.79 Å². The van der Waals surface area contributed by atoms with E-state index in [0.717, 1.165) is 45.3 Å². The van der Waals surface area contributed by atoms with E-state index in [0.29, 0.717) is 39.3 Å². The quantitative estimate of drug-likeness (QED) is 0.111. The Bertz CT molecular complexity index is 1490. The van der Waals surface area contributed by atoms with Gasteiger partial charge in [-0.2, -0.15) is 0 Å². The van der Waals surface area contributed by atoms with Crippen molar-refractivity contribution < 1.29 is 9.53 Å². The van der Waals surface area contributed by atoms with E-state index < -0.39 is 0 Å². The molecule has 0 spiro atoms. The molecule has 250 valence electrons. The summed E-state index contributed by atoms with van der Waals surface area (Å²) in [7, 11) is 3.99. The van der Waals surface area contributed by atoms with Crippen LogP contribution >= 0.6 is 39.1 Å². The number of carbonyl (C=O) groups is 1. The second kappa shape index (κ2) is 18.7. The van der Waals surface area contributed by atoms with Crippen LogP contribution in [0.1, 0.15) is 98.9 Å². The van der Waals surface area contributed by atoms with E-state index in [1.165, 1.54) is 51.4 Å². The van der Waals surface area contributed by atoms with Crippen molar-refractivity contribution in [3.8, 4) is 5.75 Å². The number of rotatable bonds is 17. The summed E-state index contributed by atoms with van der Waals surface area (Å²) in [6.07, 6.45) is 12.5. The van der Waals surface area contributed by atoms with Gasteiger partial charge in [-0.25, -0.2) is 4.99 Å². The van der Waals surface area contributed by atoms with Gasteiger partial charge in [0.1, 0.15) is 11.5 Å². The average molecular weight is 732 g/mol. The van der Waals surface area contributed by atoms with Crippen LogP contribution in [-0.4, -0.2) is 32.3 Å². The van der Waals surface area contributed by atoms with Crippen LogP contribution in [0.25, 0.3) is 0 Å². The molecule has 0 aliphatic heterocycles. The van der Waals surface area contributed by atoms with E-state index in [1.54, 1.807) is 12.1 Å². The van der Waals surface area contributed by atoms with Crippen molar-refractivity contribution in [1.82, 2.24) is 0 Å². The molecule has 0 aromatic heterocycles. The fraction of sp³-hybridized carbons (Fsp3) is 0.474. The van der Waals surface area contributed by atoms with Gasteiger partial charge in [0, 0.05) is 39.9 Å². The maximum Gasteiger partial charge on any atom is 0.275 e. The van der Waals surface area contributed by atoms with Gasteiger partial charge in [0.25, 0.3) is 5.91 Å². The lowest BCUT2D eigenvalue weighted by Gasteiger charge is -2.20. The highest BCUT2D eigenvalue weighted by atomic mass is 79.9. The Kier molecular flexibility index (Phi) is 15.4. The molecule has 46 heavy (non-hydrogen) atoms. The van der Waals surface area contributed by atoms with Gasteiger partial charge in [0.05, 0.1) is 18.0 Å². The minimum absolute atomic E-state index is 0.263. The van der Waals surface area contributed by atoms with Crippen LogP contribution in [-0.2, 0) is 4.79 Å². The second-order valence-corrected chi connectivity index (χ2v) is 13.9. The standard InChI is InChI=1S/C38H50BrCl2N3O2/c1-8-9-10-11-12-13-14-15-16-17-22-46-33-21-18-29(40)24-32(33)43-38(45)37(34-26(3)35(39)28(5)36(41)27(34)4)42-31-20-19-30(44(6)7)23-25(31)2/h18-21,23-24H,8-17,22H2,1-7H3,(H,43,45). The number of unbranched alkanes of at least 4 members (excludes halogenated alkanes) is 9. The molecule has 3 aromatic carbocycles. The van der Waals surface area contributed by atoms with Crippen molar-refractivity contribution in [2.75, 3.05) is 30.9 Å². The first-order valence-corrected chi connectivity index (χ1v) is 18.1. The van der Waals surface area contributed by atoms with Crippen molar-refractivity contribution in [1.29, 1.82) is 0 Å². The number of hydrogen-bond donors (Lipinski definition) is 1. The molecule has 0 saturated heterocycles. The number of amides is 1. The van der Waals surface area contributed by atoms with Crippen LogP contribution in [0.15, 0.2) is 45.9 Å². The summed E-state index contributed by atoms with van der Waals surface area (Å²) in [5, 5.41) is 4.17. The van der Waals surface area contributed by atoms with Crippen molar-refractivity contribution >= 4 is 67.8 Å². The summed E-state index contributed by atoms with van der Waals surface area (Å²) in [4.78, 5) is 21.2. The SMILES string of the molecule is CCCCCCCCCCCCOc1ccc(Cl)cc1NC(=O)C(=Nc1ccc(N(C)C)cc1C)c1c(C)c(Cl)c(C)c(Br)c1C. The molecule has 0 atom stereocenters. The van der Waals surface area contributed by atoms with Crippen LogP contribution in [0.5, 0.6) is 5.75 Å². The van der Waals surface area contributed by atoms with Crippen LogP contribution in [0, 0.1) is 27.7 Å². The third-order valence-electron chi connectivity index (χ3n) is 8.39. The molecule has 1 N–H and O–H groups in total. The Balaban J connectivity index is 1.84. The Labute approximate surface area is 295 Å². The van der Waals surface area contributed by atoms with Gasteiger partial charge < -0.3 is 15.0 Å². The summed E-state index contributed by atoms with van der Waals surface area (Å²) < 4.78 is 7.03. The summed E-state index contributed by atoms with van der Waals surface area (Å²) in [5.41, 5.74) is 6.76. The van der Waals surface area contributed by atoms with E-state index in [2.05, 4.69) is 34.2 Å². The molecule has 0 unspecified atom stereocenters. The van der Waals surface area contributed by atoms with E-state index in [-0.39, 0.29) is 11.6 Å². The normalized spacial score (nSPS) is 11.6. The van der Waals surface area contributed by atoms with Crippen molar-refractivity contribution in [2.45, 2.75) is 98.8 Å². The molecule has 0 aliphatic carbocycles. The zero-order valence-corrected chi connectivity index (χ0v) is 31.7. The maximum absolute atomic E-state index is 14.2. The number of benzene rings is 3. The Hall–Kier alpha value is -2.54. The van der Waals surface area contributed by atoms with Gasteiger partial charge in [0.2, 0.25) is 0 Å². The van der Waals surface area contributed by atoms with E-state index in [9.17, 15) is 4.79 Å². The lowest BCUT2D eigenvalue weighted by Crippen LogP contribution is -2.26. The van der Waals surface area contributed by atoms with Crippen LogP contribution < -0.4 is 15.0 Å². The molecule has 0 fully saturated rings. The highest BCUT2D eigenvalue weighted by Crippen LogP contribution is 2.36. The lowest BCUT2D eigenvalue weighted by molar-refractivity contribution is -0.110. The van der Waals surface area contributed by atoms with Gasteiger partial charge in [0.15, 0.2) is 0 Å². The molecular formula is C38H50BrCl2N3O2. The van der Waals surface area contributed by atoms with Crippen LogP contribution in [0.2, 0.25) is 10.0 Å². The van der Waals surface area contributed by atoms with E-state index >= 15 is 0 Å². The number of ether oxygens (including phenoxy) is 1. The van der Waals surface area contributed by atoms with E-state index in [4.69, 9.17) is 32.9 Å². The Morgan fingerprint density at radius 3 is 2.09 bits per heavy atom. The number of nitrogens with zero attached hydrogens (tertiary/aromatic N) is 2. The summed E-state index contributed by atoms with van der Waals surface area (Å²) in [5.74, 6) is 0.205. The largest absolute Gasteiger partial charge is 0.491 e. The van der Waals surface area contributed by atoms with Crippen LogP contribution in [0.3, 0.4) is 0 Å². The van der Waals surface area contributed by atoms with Gasteiger partial charge in [-0.05, 0) is 92.8 Å². The number of hydrogen-bond acceptors (Lipinski definition) is 4. The Morgan fingerprint density at radius 1 is 0.848 bits per heavy atom. The number of aryl methyl sites for hydroxylation is 1. The number of aliphatic imine (C=N–C) groups is 1. The first kappa shape index (κ1) is 37.9. The molecule has 8 heteroatoms. The number of nitrogens with one attached hydrogen (secondary N) is 1. The number of anilines is 2. The molecular weight excluding hydrogens is 681 g/mol. The molecule has 5 nitrogen and oxygen atoms in total. The predicted molar refractivity (Wildman–Crippen MR) is 202 cm³/mol. The number of halogens is 3. The molecule has 0 heterocycles. The van der Waals surface area contributed by atoms with Gasteiger partial charge in [-0.1, -0.05) is 104 Å². The minimum Gasteiger partial charge on any atom is -0.491 e. The van der Waals surface area contributed by atoms with Crippen molar-refractivity contribution in [3.63, 3.8) is 0 Å². The van der Waals surface area contributed by atoms with Gasteiger partial charge in [-0.15, -0.1) is 0 Å².